The van der Waals surface area contributed by atoms with Crippen molar-refractivity contribution in [2.24, 2.45) is 0 Å². The molecule has 6 aromatic heterocycles. The van der Waals surface area contributed by atoms with Crippen molar-refractivity contribution in [2.45, 2.75) is 38.8 Å². The number of halogens is 2. The van der Waals surface area contributed by atoms with Crippen molar-refractivity contribution in [3.63, 3.8) is 0 Å². The Morgan fingerprint density at radius 3 is 2.90 bits per heavy atom. The lowest BCUT2D eigenvalue weighted by Gasteiger charge is -2.05. The molecule has 7 rings (SSSR count). The predicted molar refractivity (Wildman–Crippen MR) is 143 cm³/mol. The van der Waals surface area contributed by atoms with Gasteiger partial charge in [0.15, 0.2) is 11.5 Å². The third kappa shape index (κ3) is 4.45. The first-order valence-corrected chi connectivity index (χ1v) is 13.5. The maximum Gasteiger partial charge on any atom is 0.273 e. The van der Waals surface area contributed by atoms with E-state index in [1.54, 1.807) is 28.4 Å². The third-order valence-corrected chi connectivity index (χ3v) is 7.98. The SMILES string of the molecule is Cc1ncc(-c2cc(C3CC3)cn3cc(Cn4cc(C(=O)NCc5ncn6ccc(Cl)c(F)c56)nn4)nc23)s1. The summed E-state index contributed by atoms with van der Waals surface area (Å²) in [5.74, 6) is -0.438. The highest BCUT2D eigenvalue weighted by molar-refractivity contribution is 7.15. The van der Waals surface area contributed by atoms with Gasteiger partial charge in [-0.15, -0.1) is 16.4 Å². The minimum atomic E-state index is -0.586. The molecule has 1 aliphatic rings. The van der Waals surface area contributed by atoms with Crippen LogP contribution in [0.25, 0.3) is 21.6 Å². The predicted octanol–water partition coefficient (Wildman–Crippen LogP) is 4.65. The zero-order valence-corrected chi connectivity index (χ0v) is 22.2. The molecular weight excluding hydrogens is 541 g/mol. The van der Waals surface area contributed by atoms with Crippen molar-refractivity contribution >= 4 is 40.0 Å². The first-order chi connectivity index (χ1) is 18.9. The Kier molecular flexibility index (Phi) is 5.67. The van der Waals surface area contributed by atoms with Gasteiger partial charge in [-0.1, -0.05) is 16.8 Å². The van der Waals surface area contributed by atoms with Gasteiger partial charge in [-0.25, -0.2) is 24.0 Å². The van der Waals surface area contributed by atoms with Gasteiger partial charge in [-0.05, 0) is 43.4 Å². The number of aromatic nitrogens is 8. The smallest absolute Gasteiger partial charge is 0.273 e. The minimum absolute atomic E-state index is 0.00898. The van der Waals surface area contributed by atoms with Gasteiger partial charge >= 0.3 is 0 Å². The molecule has 0 aromatic carbocycles. The molecule has 0 spiro atoms. The number of rotatable bonds is 7. The van der Waals surface area contributed by atoms with Crippen LogP contribution in [-0.2, 0) is 13.1 Å². The number of nitrogens with zero attached hydrogens (tertiary/aromatic N) is 8. The van der Waals surface area contributed by atoms with Crippen LogP contribution < -0.4 is 5.32 Å². The molecule has 1 saturated carbocycles. The zero-order chi connectivity index (χ0) is 26.7. The molecule has 13 heteroatoms. The van der Waals surface area contributed by atoms with Gasteiger partial charge in [0.25, 0.3) is 5.91 Å². The molecule has 6 heterocycles. The molecule has 0 radical (unpaired) electrons. The average molecular weight is 562 g/mol. The van der Waals surface area contributed by atoms with Crippen LogP contribution in [0.2, 0.25) is 5.02 Å². The van der Waals surface area contributed by atoms with Gasteiger partial charge in [0.2, 0.25) is 0 Å². The van der Waals surface area contributed by atoms with E-state index >= 15 is 0 Å². The summed E-state index contributed by atoms with van der Waals surface area (Å²) < 4.78 is 19.6. The molecular formula is C26H21ClFN9OS. The van der Waals surface area contributed by atoms with E-state index in [4.69, 9.17) is 16.6 Å². The van der Waals surface area contributed by atoms with E-state index < -0.39 is 11.7 Å². The van der Waals surface area contributed by atoms with Crippen LogP contribution in [0.4, 0.5) is 4.39 Å². The number of fused-ring (bicyclic) bond motifs is 2. The van der Waals surface area contributed by atoms with E-state index in [1.165, 1.54) is 35.2 Å². The number of carbonyl (C=O) groups excluding carboxylic acids is 1. The van der Waals surface area contributed by atoms with Gasteiger partial charge in [0, 0.05) is 30.4 Å². The van der Waals surface area contributed by atoms with Crippen LogP contribution in [0.1, 0.15) is 51.2 Å². The standard InChI is InChI=1S/C26H21ClFN9OS/c1-14-29-8-22(39-14)18-6-16(15-2-3-15)9-36-10-17(32-25(18)36)11-37-12-21(33-34-37)26(38)30-7-20-24-23(28)19(27)4-5-35(24)13-31-20/h4-6,8-10,12-13,15H,2-3,7,11H2,1H3,(H,30,38). The summed E-state index contributed by atoms with van der Waals surface area (Å²) in [6, 6.07) is 3.68. The molecule has 10 nitrogen and oxygen atoms in total. The maximum atomic E-state index is 14.5. The number of imidazole rings is 2. The monoisotopic (exact) mass is 561 g/mol. The molecule has 0 atom stereocenters. The van der Waals surface area contributed by atoms with E-state index in [2.05, 4.69) is 42.3 Å². The van der Waals surface area contributed by atoms with Crippen LogP contribution in [-0.4, -0.2) is 44.7 Å². The first-order valence-electron chi connectivity index (χ1n) is 12.3. The van der Waals surface area contributed by atoms with E-state index in [1.807, 2.05) is 19.3 Å². The number of carbonyl (C=O) groups is 1. The van der Waals surface area contributed by atoms with E-state index in [0.717, 1.165) is 26.8 Å². The van der Waals surface area contributed by atoms with Gasteiger partial charge in [0.05, 0.1) is 51.9 Å². The number of hydrogen-bond acceptors (Lipinski definition) is 7. The molecule has 196 valence electrons. The maximum absolute atomic E-state index is 14.5. The fraction of sp³-hybridized carbons (Fsp3) is 0.231. The molecule has 1 aliphatic carbocycles. The van der Waals surface area contributed by atoms with Crippen LogP contribution in [0.15, 0.2) is 49.4 Å². The average Bonchev–Trinajstić information content (AvgIpc) is 3.26. The normalized spacial score (nSPS) is 13.5. The second-order valence-corrected chi connectivity index (χ2v) is 11.2. The summed E-state index contributed by atoms with van der Waals surface area (Å²) >= 11 is 7.55. The lowest BCUT2D eigenvalue weighted by atomic mass is 10.1. The van der Waals surface area contributed by atoms with Gasteiger partial charge in [0.1, 0.15) is 11.2 Å². The molecule has 0 bridgehead atoms. The number of aryl methyl sites for hydroxylation is 1. The Morgan fingerprint density at radius 2 is 2.10 bits per heavy atom. The zero-order valence-electron chi connectivity index (χ0n) is 20.7. The largest absolute Gasteiger partial charge is 0.345 e. The molecule has 0 unspecified atom stereocenters. The van der Waals surface area contributed by atoms with Crippen LogP contribution in [0, 0.1) is 12.7 Å². The molecule has 1 N–H and O–H groups in total. The lowest BCUT2D eigenvalue weighted by molar-refractivity contribution is 0.0945. The molecule has 1 fully saturated rings. The van der Waals surface area contributed by atoms with Crippen molar-refractivity contribution in [1.82, 2.24) is 44.1 Å². The Hall–Kier alpha value is -4.16. The van der Waals surface area contributed by atoms with Crippen molar-refractivity contribution in [2.75, 3.05) is 0 Å². The minimum Gasteiger partial charge on any atom is -0.345 e. The number of amides is 1. The fourth-order valence-electron chi connectivity index (χ4n) is 4.67. The van der Waals surface area contributed by atoms with Crippen molar-refractivity contribution in [3.05, 3.63) is 87.9 Å². The van der Waals surface area contributed by atoms with E-state index in [-0.39, 0.29) is 22.8 Å². The quantitative estimate of drug-likeness (QED) is 0.304. The van der Waals surface area contributed by atoms with Crippen LogP contribution >= 0.6 is 22.9 Å². The summed E-state index contributed by atoms with van der Waals surface area (Å²) in [4.78, 5) is 27.3. The summed E-state index contributed by atoms with van der Waals surface area (Å²) in [5.41, 5.74) is 4.74. The Bertz CT molecular complexity index is 1880. The van der Waals surface area contributed by atoms with Gasteiger partial charge in [-0.3, -0.25) is 4.79 Å². The molecule has 6 aromatic rings. The van der Waals surface area contributed by atoms with E-state index in [9.17, 15) is 9.18 Å². The number of nitrogens with one attached hydrogen (secondary N) is 1. The Labute approximate surface area is 230 Å². The topological polar surface area (TPSA) is 107 Å². The van der Waals surface area contributed by atoms with Gasteiger partial charge in [-0.2, -0.15) is 0 Å². The van der Waals surface area contributed by atoms with Gasteiger partial charge < -0.3 is 14.1 Å². The summed E-state index contributed by atoms with van der Waals surface area (Å²) in [5, 5.41) is 11.9. The van der Waals surface area contributed by atoms with Crippen molar-refractivity contribution in [1.29, 1.82) is 0 Å². The summed E-state index contributed by atoms with van der Waals surface area (Å²) in [7, 11) is 0. The highest BCUT2D eigenvalue weighted by atomic mass is 35.5. The van der Waals surface area contributed by atoms with Crippen LogP contribution in [0.5, 0.6) is 0 Å². The first kappa shape index (κ1) is 23.9. The highest BCUT2D eigenvalue weighted by Gasteiger charge is 2.26. The Morgan fingerprint density at radius 1 is 1.23 bits per heavy atom. The molecule has 1 amide bonds. The number of hydrogen-bond donors (Lipinski definition) is 1. The lowest BCUT2D eigenvalue weighted by Crippen LogP contribution is -2.23. The van der Waals surface area contributed by atoms with Crippen molar-refractivity contribution in [3.8, 4) is 10.4 Å². The number of pyridine rings is 2. The molecule has 0 aliphatic heterocycles. The Balaban J connectivity index is 1.10. The molecule has 39 heavy (non-hydrogen) atoms. The highest BCUT2D eigenvalue weighted by Crippen LogP contribution is 2.42. The second kappa shape index (κ2) is 9.24. The molecule has 0 saturated heterocycles. The summed E-state index contributed by atoms with van der Waals surface area (Å²) in [6.07, 6.45) is 13.1. The van der Waals surface area contributed by atoms with Crippen LogP contribution in [0.3, 0.4) is 0 Å². The second-order valence-electron chi connectivity index (χ2n) is 9.58. The number of thiazole rings is 1. The third-order valence-electron chi connectivity index (χ3n) is 6.74. The van der Waals surface area contributed by atoms with E-state index in [0.29, 0.717) is 18.2 Å². The fourth-order valence-corrected chi connectivity index (χ4v) is 5.60. The van der Waals surface area contributed by atoms with Crippen molar-refractivity contribution < 1.29 is 9.18 Å². The summed E-state index contributed by atoms with van der Waals surface area (Å²) in [6.45, 7) is 2.35.